The molecule has 4 rings (SSSR count). The van der Waals surface area contributed by atoms with Crippen LogP contribution in [0.3, 0.4) is 0 Å². The van der Waals surface area contributed by atoms with E-state index in [2.05, 4.69) is 26.0 Å². The molecule has 1 aliphatic heterocycles. The number of imide groups is 1. The second-order valence-corrected chi connectivity index (χ2v) is 7.69. The van der Waals surface area contributed by atoms with Gasteiger partial charge >= 0.3 is 0 Å². The number of carbonyl (C=O) groups excluding carboxylic acids is 2. The third kappa shape index (κ3) is 3.82. The number of nitrogens with zero attached hydrogens (tertiary/aromatic N) is 3. The van der Waals surface area contributed by atoms with Crippen molar-refractivity contribution in [3.63, 3.8) is 0 Å². The van der Waals surface area contributed by atoms with Crippen molar-refractivity contribution in [2.75, 3.05) is 11.5 Å². The van der Waals surface area contributed by atoms with Gasteiger partial charge in [-0.2, -0.15) is 0 Å². The fourth-order valence-electron chi connectivity index (χ4n) is 3.85. The maximum Gasteiger partial charge on any atom is 0.279 e. The average Bonchev–Trinajstić information content (AvgIpc) is 3.17. The summed E-state index contributed by atoms with van der Waals surface area (Å²) in [5.74, 6) is 0.351. The van der Waals surface area contributed by atoms with Gasteiger partial charge in [0, 0.05) is 0 Å². The molecule has 1 fully saturated rings. The molecular formula is C23H26IN3O3. The number of hydrogen-bond donors (Lipinski definition) is 0. The molecule has 158 valence electrons. The van der Waals surface area contributed by atoms with E-state index < -0.39 is 6.04 Å². The molecule has 0 saturated carbocycles. The first kappa shape index (κ1) is 22.3. The number of hydrogen-bond acceptors (Lipinski definition) is 3. The van der Waals surface area contributed by atoms with Gasteiger partial charge in [0.25, 0.3) is 5.91 Å². The lowest BCUT2D eigenvalue weighted by molar-refractivity contribution is -0.645. The lowest BCUT2D eigenvalue weighted by Crippen LogP contribution is -3.00. The summed E-state index contributed by atoms with van der Waals surface area (Å²) in [5.41, 5.74) is 4.95. The summed E-state index contributed by atoms with van der Waals surface area (Å²) < 4.78 is 9.53. The molecule has 1 saturated heterocycles. The number of ether oxygens (including phenoxy) is 1. The SMILES string of the molecule is CCCOc1ccc(N2C(=O)CC(n3c[n+](C)c4cc(C)c(C)cc43)C2=O)cc1.[I-]. The molecule has 2 amide bonds. The highest BCUT2D eigenvalue weighted by Gasteiger charge is 2.44. The van der Waals surface area contributed by atoms with E-state index >= 15 is 0 Å². The van der Waals surface area contributed by atoms with E-state index in [1.54, 1.807) is 24.3 Å². The van der Waals surface area contributed by atoms with E-state index in [1.807, 2.05) is 29.4 Å². The first-order valence-electron chi connectivity index (χ1n) is 9.97. The third-order valence-electron chi connectivity index (χ3n) is 5.57. The van der Waals surface area contributed by atoms with Crippen molar-refractivity contribution < 1.29 is 42.9 Å². The van der Waals surface area contributed by atoms with Gasteiger partial charge in [-0.05, 0) is 67.8 Å². The number of anilines is 1. The Hall–Kier alpha value is -2.42. The van der Waals surface area contributed by atoms with Crippen LogP contribution in [0.15, 0.2) is 42.7 Å². The summed E-state index contributed by atoms with van der Waals surface area (Å²) in [7, 11) is 1.96. The number of fused-ring (bicyclic) bond motifs is 1. The Morgan fingerprint density at radius 2 is 1.77 bits per heavy atom. The molecule has 1 aromatic heterocycles. The number of benzene rings is 2. The molecule has 7 heteroatoms. The predicted octanol–water partition coefficient (Wildman–Crippen LogP) is 0.380. The maximum atomic E-state index is 13.2. The Morgan fingerprint density at radius 3 is 2.43 bits per heavy atom. The molecule has 2 heterocycles. The van der Waals surface area contributed by atoms with Gasteiger partial charge < -0.3 is 28.7 Å². The van der Waals surface area contributed by atoms with Gasteiger partial charge in [0.2, 0.25) is 12.2 Å². The quantitative estimate of drug-likeness (QED) is 0.279. The lowest BCUT2D eigenvalue weighted by atomic mass is 10.1. The van der Waals surface area contributed by atoms with Gasteiger partial charge in [-0.25, -0.2) is 14.0 Å². The van der Waals surface area contributed by atoms with E-state index in [-0.39, 0.29) is 42.2 Å². The topological polar surface area (TPSA) is 55.4 Å². The number of aromatic nitrogens is 2. The predicted molar refractivity (Wildman–Crippen MR) is 111 cm³/mol. The van der Waals surface area contributed by atoms with Crippen molar-refractivity contribution in [2.45, 2.75) is 39.7 Å². The van der Waals surface area contributed by atoms with Crippen molar-refractivity contribution in [3.05, 3.63) is 53.9 Å². The molecular weight excluding hydrogens is 493 g/mol. The first-order valence-corrected chi connectivity index (χ1v) is 9.97. The van der Waals surface area contributed by atoms with Crippen molar-refractivity contribution >= 4 is 28.5 Å². The van der Waals surface area contributed by atoms with Crippen LogP contribution < -0.4 is 38.2 Å². The molecule has 2 aromatic carbocycles. The third-order valence-corrected chi connectivity index (χ3v) is 5.57. The molecule has 1 unspecified atom stereocenters. The normalized spacial score (nSPS) is 16.3. The van der Waals surface area contributed by atoms with Crippen LogP contribution in [0, 0.1) is 13.8 Å². The molecule has 0 spiro atoms. The van der Waals surface area contributed by atoms with Gasteiger partial charge in [0.15, 0.2) is 17.1 Å². The van der Waals surface area contributed by atoms with Crippen LogP contribution in [0.1, 0.15) is 36.9 Å². The van der Waals surface area contributed by atoms with Crippen LogP contribution >= 0.6 is 0 Å². The molecule has 0 N–H and O–H groups in total. The molecule has 3 aromatic rings. The van der Waals surface area contributed by atoms with Crippen LogP contribution in [0.4, 0.5) is 5.69 Å². The number of rotatable bonds is 5. The summed E-state index contributed by atoms with van der Waals surface area (Å²) in [4.78, 5) is 27.3. The van der Waals surface area contributed by atoms with Crippen molar-refractivity contribution in [1.82, 2.24) is 4.57 Å². The van der Waals surface area contributed by atoms with Crippen molar-refractivity contribution in [2.24, 2.45) is 7.05 Å². The minimum atomic E-state index is -0.538. The van der Waals surface area contributed by atoms with Gasteiger partial charge in [-0.1, -0.05) is 6.92 Å². The molecule has 6 nitrogen and oxygen atoms in total. The van der Waals surface area contributed by atoms with E-state index in [0.717, 1.165) is 28.8 Å². The largest absolute Gasteiger partial charge is 1.00 e. The molecule has 1 atom stereocenters. The van der Waals surface area contributed by atoms with Crippen LogP contribution in [0.25, 0.3) is 11.0 Å². The number of imidazole rings is 1. The van der Waals surface area contributed by atoms with Crippen LogP contribution in [-0.2, 0) is 16.6 Å². The number of carbonyl (C=O) groups is 2. The van der Waals surface area contributed by atoms with Crippen molar-refractivity contribution in [3.8, 4) is 5.75 Å². The van der Waals surface area contributed by atoms with Crippen molar-refractivity contribution in [1.29, 1.82) is 0 Å². The monoisotopic (exact) mass is 519 g/mol. The van der Waals surface area contributed by atoms with Crippen LogP contribution in [0.2, 0.25) is 0 Å². The highest BCUT2D eigenvalue weighted by molar-refractivity contribution is 6.21. The molecule has 30 heavy (non-hydrogen) atoms. The summed E-state index contributed by atoms with van der Waals surface area (Å²) in [6.45, 7) is 6.82. The summed E-state index contributed by atoms with van der Waals surface area (Å²) in [5, 5.41) is 0. The van der Waals surface area contributed by atoms with E-state index in [0.29, 0.717) is 12.3 Å². The Balaban J connectivity index is 0.00000256. The maximum absolute atomic E-state index is 13.2. The standard InChI is InChI=1S/C23H26N3O3.HI/c1-5-10-29-18-8-6-17(7-9-18)26-22(27)13-21(23(26)28)25-14-24(4)19-11-15(2)16(3)12-20(19)25;/h6-9,11-12,14,21H,5,10,13H2,1-4H3;1H/q+1;/p-1. The fraction of sp³-hybridized carbons (Fsp3) is 0.348. The first-order chi connectivity index (χ1) is 13.9. The average molecular weight is 519 g/mol. The molecule has 0 radical (unpaired) electrons. The second-order valence-electron chi connectivity index (χ2n) is 7.69. The minimum absolute atomic E-state index is 0. The summed E-state index contributed by atoms with van der Waals surface area (Å²) >= 11 is 0. The molecule has 0 bridgehead atoms. The van der Waals surface area contributed by atoms with Gasteiger partial charge in [0.05, 0.1) is 25.8 Å². The Labute approximate surface area is 193 Å². The second kappa shape index (κ2) is 8.75. The highest BCUT2D eigenvalue weighted by atomic mass is 127. The summed E-state index contributed by atoms with van der Waals surface area (Å²) in [6.07, 6.45) is 2.99. The zero-order valence-electron chi connectivity index (χ0n) is 17.7. The number of halogens is 1. The summed E-state index contributed by atoms with van der Waals surface area (Å²) in [6, 6.07) is 10.8. The Morgan fingerprint density at radius 1 is 1.10 bits per heavy atom. The number of amides is 2. The fourth-order valence-corrected chi connectivity index (χ4v) is 3.85. The Bertz CT molecular complexity index is 1110. The zero-order valence-corrected chi connectivity index (χ0v) is 19.8. The smallest absolute Gasteiger partial charge is 0.279 e. The van der Waals surface area contributed by atoms with E-state index in [1.165, 1.54) is 10.5 Å². The van der Waals surface area contributed by atoms with Gasteiger partial charge in [0.1, 0.15) is 5.75 Å². The molecule has 0 aliphatic carbocycles. The molecule has 1 aliphatic rings. The van der Waals surface area contributed by atoms with E-state index in [9.17, 15) is 9.59 Å². The minimum Gasteiger partial charge on any atom is -1.00 e. The van der Waals surface area contributed by atoms with Crippen LogP contribution in [-0.4, -0.2) is 23.0 Å². The Kier molecular flexibility index (Phi) is 6.50. The number of aryl methyl sites for hydroxylation is 3. The van der Waals surface area contributed by atoms with Crippen LogP contribution in [0.5, 0.6) is 5.75 Å². The van der Waals surface area contributed by atoms with Gasteiger partial charge in [-0.15, -0.1) is 0 Å². The highest BCUT2D eigenvalue weighted by Crippen LogP contribution is 2.32. The zero-order chi connectivity index (χ0) is 20.7. The lowest BCUT2D eigenvalue weighted by Gasteiger charge is -2.15. The van der Waals surface area contributed by atoms with E-state index in [4.69, 9.17) is 4.74 Å². The van der Waals surface area contributed by atoms with Gasteiger partial charge in [-0.3, -0.25) is 9.59 Å².